The van der Waals surface area contributed by atoms with Crippen molar-refractivity contribution in [3.05, 3.63) is 53.2 Å². The third-order valence-electron chi connectivity index (χ3n) is 5.67. The number of carbonyl (C=O) groups is 1. The van der Waals surface area contributed by atoms with Crippen LogP contribution in [-0.2, 0) is 24.2 Å². The third kappa shape index (κ3) is 4.08. The van der Waals surface area contributed by atoms with Crippen LogP contribution in [0, 0.1) is 5.92 Å². The molecule has 0 bridgehead atoms. The van der Waals surface area contributed by atoms with Crippen molar-refractivity contribution >= 4 is 5.91 Å². The molecule has 0 spiro atoms. The number of benzene rings is 1. The van der Waals surface area contributed by atoms with Crippen LogP contribution in [0.3, 0.4) is 0 Å². The van der Waals surface area contributed by atoms with Crippen molar-refractivity contribution in [2.75, 3.05) is 6.54 Å². The lowest BCUT2D eigenvalue weighted by molar-refractivity contribution is -0.134. The van der Waals surface area contributed by atoms with Gasteiger partial charge in [0.15, 0.2) is 5.89 Å². The highest BCUT2D eigenvalue weighted by atomic mass is 16.4. The first kappa shape index (κ1) is 18.2. The van der Waals surface area contributed by atoms with Crippen LogP contribution in [0.4, 0.5) is 0 Å². The Labute approximate surface area is 161 Å². The molecule has 1 N–H and O–H groups in total. The van der Waals surface area contributed by atoms with Crippen LogP contribution >= 0.6 is 0 Å². The lowest BCUT2D eigenvalue weighted by atomic mass is 10.1. The minimum Gasteiger partial charge on any atom is -0.445 e. The zero-order chi connectivity index (χ0) is 18.8. The zero-order valence-corrected chi connectivity index (χ0v) is 16.3. The number of fused-ring (bicyclic) bond motifs is 1. The Morgan fingerprint density at radius 2 is 2.11 bits per heavy atom. The zero-order valence-electron chi connectivity index (χ0n) is 16.3. The molecular weight excluding hydrogens is 338 g/mol. The monoisotopic (exact) mass is 367 g/mol. The van der Waals surface area contributed by atoms with E-state index in [0.29, 0.717) is 12.5 Å². The highest BCUT2D eigenvalue weighted by Gasteiger charge is 2.34. The molecule has 2 aliphatic heterocycles. The summed E-state index contributed by atoms with van der Waals surface area (Å²) in [4.78, 5) is 19.6. The van der Waals surface area contributed by atoms with Crippen LogP contribution in [0.15, 0.2) is 34.7 Å². The number of carbonyl (C=O) groups excluding carboxylic acids is 1. The van der Waals surface area contributed by atoms with Crippen molar-refractivity contribution in [2.45, 2.75) is 64.6 Å². The van der Waals surface area contributed by atoms with E-state index in [1.54, 1.807) is 0 Å². The van der Waals surface area contributed by atoms with Gasteiger partial charge >= 0.3 is 0 Å². The molecule has 0 aliphatic carbocycles. The molecule has 2 aromatic rings. The van der Waals surface area contributed by atoms with Gasteiger partial charge in [-0.1, -0.05) is 44.2 Å². The number of amides is 1. The van der Waals surface area contributed by atoms with Crippen molar-refractivity contribution in [3.63, 3.8) is 0 Å². The summed E-state index contributed by atoms with van der Waals surface area (Å²) in [6.45, 7) is 5.72. The summed E-state index contributed by atoms with van der Waals surface area (Å²) in [7, 11) is 0. The molecule has 0 unspecified atom stereocenters. The van der Waals surface area contributed by atoms with Crippen LogP contribution in [-0.4, -0.2) is 28.4 Å². The van der Waals surface area contributed by atoms with Crippen molar-refractivity contribution in [3.8, 4) is 0 Å². The molecule has 1 aromatic heterocycles. The lowest BCUT2D eigenvalue weighted by Gasteiger charge is -2.28. The molecule has 2 aliphatic rings. The second-order valence-corrected chi connectivity index (χ2v) is 8.18. The lowest BCUT2D eigenvalue weighted by Crippen LogP contribution is -2.45. The largest absolute Gasteiger partial charge is 0.445 e. The van der Waals surface area contributed by atoms with Crippen LogP contribution in [0.25, 0.3) is 0 Å². The van der Waals surface area contributed by atoms with E-state index in [0.717, 1.165) is 56.0 Å². The Kier molecular flexibility index (Phi) is 5.30. The fourth-order valence-electron chi connectivity index (χ4n) is 4.07. The van der Waals surface area contributed by atoms with Gasteiger partial charge in [0.05, 0.1) is 12.6 Å². The molecule has 144 valence electrons. The smallest absolute Gasteiger partial charge is 0.240 e. The molecule has 1 fully saturated rings. The molecule has 5 nitrogen and oxygen atoms in total. The van der Waals surface area contributed by atoms with E-state index in [4.69, 9.17) is 4.42 Å². The summed E-state index contributed by atoms with van der Waals surface area (Å²) >= 11 is 0. The summed E-state index contributed by atoms with van der Waals surface area (Å²) in [5.74, 6) is 2.63. The standard InChI is InChI=1S/C22H29N3O2/c1-15(2)8-11-21-24-19-14-25(13-12-20(19)27-21)22(26)18-10-9-17(23-18)16-6-4-3-5-7-16/h3-7,15,17-18,23H,8-14H2,1-2H3/t17-,18-/m1/s1. The van der Waals surface area contributed by atoms with Crippen molar-refractivity contribution in [1.29, 1.82) is 0 Å². The quantitative estimate of drug-likeness (QED) is 0.876. The summed E-state index contributed by atoms with van der Waals surface area (Å²) < 4.78 is 5.92. The Balaban J connectivity index is 1.37. The molecule has 1 aromatic carbocycles. The second-order valence-electron chi connectivity index (χ2n) is 8.18. The Morgan fingerprint density at radius 1 is 1.30 bits per heavy atom. The molecular formula is C22H29N3O2. The molecule has 1 saturated heterocycles. The van der Waals surface area contributed by atoms with Crippen LogP contribution in [0.5, 0.6) is 0 Å². The number of nitrogens with one attached hydrogen (secondary N) is 1. The maximum absolute atomic E-state index is 13.0. The fourth-order valence-corrected chi connectivity index (χ4v) is 4.07. The minimum atomic E-state index is -0.0935. The van der Waals surface area contributed by atoms with Gasteiger partial charge in [0, 0.05) is 25.4 Å². The van der Waals surface area contributed by atoms with Gasteiger partial charge in [-0.2, -0.15) is 0 Å². The van der Waals surface area contributed by atoms with Gasteiger partial charge in [-0.3, -0.25) is 10.1 Å². The van der Waals surface area contributed by atoms with Gasteiger partial charge in [0.1, 0.15) is 11.5 Å². The number of aryl methyl sites for hydroxylation is 1. The van der Waals surface area contributed by atoms with Gasteiger partial charge in [0.25, 0.3) is 0 Å². The van der Waals surface area contributed by atoms with E-state index in [1.165, 1.54) is 5.56 Å². The predicted molar refractivity (Wildman–Crippen MR) is 104 cm³/mol. The molecule has 0 saturated carbocycles. The first-order chi connectivity index (χ1) is 13.1. The summed E-state index contributed by atoms with van der Waals surface area (Å²) in [5.41, 5.74) is 2.21. The van der Waals surface area contributed by atoms with E-state index in [1.807, 2.05) is 11.0 Å². The molecule has 0 radical (unpaired) electrons. The minimum absolute atomic E-state index is 0.0935. The average Bonchev–Trinajstić information content (AvgIpc) is 3.33. The van der Waals surface area contributed by atoms with Crippen LogP contribution in [0.2, 0.25) is 0 Å². The molecule has 3 heterocycles. The van der Waals surface area contributed by atoms with E-state index >= 15 is 0 Å². The first-order valence-electron chi connectivity index (χ1n) is 10.2. The average molecular weight is 367 g/mol. The summed E-state index contributed by atoms with van der Waals surface area (Å²) in [6, 6.07) is 10.6. The first-order valence-corrected chi connectivity index (χ1v) is 10.2. The molecule has 1 amide bonds. The number of hydrogen-bond donors (Lipinski definition) is 1. The number of rotatable bonds is 5. The highest BCUT2D eigenvalue weighted by Crippen LogP contribution is 2.28. The van der Waals surface area contributed by atoms with Crippen molar-refractivity contribution in [2.24, 2.45) is 5.92 Å². The van der Waals surface area contributed by atoms with Crippen molar-refractivity contribution in [1.82, 2.24) is 15.2 Å². The second kappa shape index (κ2) is 7.85. The number of nitrogens with zero attached hydrogens (tertiary/aromatic N) is 2. The molecule has 5 heteroatoms. The van der Waals surface area contributed by atoms with Crippen LogP contribution < -0.4 is 5.32 Å². The maximum atomic E-state index is 13.0. The third-order valence-corrected chi connectivity index (χ3v) is 5.67. The van der Waals surface area contributed by atoms with E-state index in [2.05, 4.69) is 48.4 Å². The fraction of sp³-hybridized carbons (Fsp3) is 0.545. The van der Waals surface area contributed by atoms with E-state index in [-0.39, 0.29) is 18.0 Å². The Morgan fingerprint density at radius 3 is 2.89 bits per heavy atom. The van der Waals surface area contributed by atoms with Crippen molar-refractivity contribution < 1.29 is 9.21 Å². The summed E-state index contributed by atoms with van der Waals surface area (Å²) in [6.07, 6.45) is 4.62. The maximum Gasteiger partial charge on any atom is 0.240 e. The SMILES string of the molecule is CC(C)CCc1nc2c(o1)CCN(C(=O)[C@H]1CC[C@H](c3ccccc3)N1)C2. The number of hydrogen-bond acceptors (Lipinski definition) is 4. The normalized spacial score (nSPS) is 22.3. The number of oxazole rings is 1. The summed E-state index contributed by atoms with van der Waals surface area (Å²) in [5, 5.41) is 3.53. The highest BCUT2D eigenvalue weighted by molar-refractivity contribution is 5.82. The molecule has 4 rings (SSSR count). The van der Waals surface area contributed by atoms with Gasteiger partial charge in [-0.05, 0) is 30.7 Å². The van der Waals surface area contributed by atoms with E-state index < -0.39 is 0 Å². The predicted octanol–water partition coefficient (Wildman–Crippen LogP) is 3.64. The van der Waals surface area contributed by atoms with E-state index in [9.17, 15) is 4.79 Å². The van der Waals surface area contributed by atoms with Crippen LogP contribution in [0.1, 0.15) is 62.1 Å². The number of aromatic nitrogens is 1. The van der Waals surface area contributed by atoms with Gasteiger partial charge in [-0.25, -0.2) is 4.98 Å². The van der Waals surface area contributed by atoms with Gasteiger partial charge in [0.2, 0.25) is 5.91 Å². The van der Waals surface area contributed by atoms with Gasteiger partial charge < -0.3 is 9.32 Å². The topological polar surface area (TPSA) is 58.4 Å². The Bertz CT molecular complexity index is 784. The Hall–Kier alpha value is -2.14. The van der Waals surface area contributed by atoms with Gasteiger partial charge in [-0.15, -0.1) is 0 Å². The molecule has 2 atom stereocenters. The molecule has 27 heavy (non-hydrogen) atoms.